The zero-order chi connectivity index (χ0) is 20.9. The van der Waals surface area contributed by atoms with Gasteiger partial charge in [-0.25, -0.2) is 0 Å². The summed E-state index contributed by atoms with van der Waals surface area (Å²) in [6.07, 6.45) is 2.25. The Morgan fingerprint density at radius 3 is 1.66 bits per heavy atom. The number of nitrogens with one attached hydrogen (secondary N) is 1. The molecule has 3 aromatic rings. The summed E-state index contributed by atoms with van der Waals surface area (Å²) < 4.78 is 0. The smallest absolute Gasteiger partial charge is 0.252 e. The molecule has 0 saturated heterocycles. The minimum atomic E-state index is -0.188. The first-order chi connectivity index (χ1) is 13.8. The van der Waals surface area contributed by atoms with Crippen LogP contribution < -0.4 is 5.32 Å². The lowest BCUT2D eigenvalue weighted by molar-refractivity contribution is 0.0943. The van der Waals surface area contributed by atoms with Crippen LogP contribution in [0.25, 0.3) is 5.57 Å². The lowest BCUT2D eigenvalue weighted by Crippen LogP contribution is -2.29. The number of hydrogen-bond donors (Lipinski definition) is 1. The molecule has 0 unspecified atom stereocenters. The van der Waals surface area contributed by atoms with Gasteiger partial charge in [-0.2, -0.15) is 0 Å². The third-order valence-electron chi connectivity index (χ3n) is 4.79. The van der Waals surface area contributed by atoms with Crippen molar-refractivity contribution in [1.82, 2.24) is 5.32 Å². The molecule has 148 valence electrons. The number of rotatable bonds is 5. The highest BCUT2D eigenvalue weighted by Gasteiger charge is 2.17. The zero-order valence-corrected chi connectivity index (χ0v) is 17.6. The van der Waals surface area contributed by atoms with Crippen molar-refractivity contribution in [1.29, 1.82) is 0 Å². The molecule has 3 rings (SSSR count). The second-order valence-electron chi connectivity index (χ2n) is 8.50. The van der Waals surface area contributed by atoms with E-state index in [2.05, 4.69) is 39.1 Å². The van der Waals surface area contributed by atoms with E-state index in [1.165, 1.54) is 5.57 Å². The Balaban J connectivity index is 1.83. The normalized spacial score (nSPS) is 12.1. The molecular weight excluding hydrogens is 354 g/mol. The maximum atomic E-state index is 13.0. The van der Waals surface area contributed by atoms with Gasteiger partial charge >= 0.3 is 0 Å². The van der Waals surface area contributed by atoms with Gasteiger partial charge in [0.05, 0.1) is 6.04 Å². The van der Waals surface area contributed by atoms with Gasteiger partial charge in [-0.15, -0.1) is 0 Å². The highest BCUT2D eigenvalue weighted by Crippen LogP contribution is 2.25. The molecule has 1 N–H and O–H groups in total. The maximum Gasteiger partial charge on any atom is 0.252 e. The van der Waals surface area contributed by atoms with Gasteiger partial charge in [0.25, 0.3) is 5.91 Å². The number of carbonyl (C=O) groups is 1. The van der Waals surface area contributed by atoms with Crippen molar-refractivity contribution >= 4 is 11.5 Å². The Morgan fingerprint density at radius 2 is 1.21 bits per heavy atom. The molecule has 2 heteroatoms. The second kappa shape index (κ2) is 8.91. The Labute approximate surface area is 174 Å². The van der Waals surface area contributed by atoms with E-state index in [1.54, 1.807) is 0 Å². The number of hydrogen-bond acceptors (Lipinski definition) is 1. The van der Waals surface area contributed by atoms with Crippen LogP contribution in [0.4, 0.5) is 0 Å². The van der Waals surface area contributed by atoms with E-state index in [0.29, 0.717) is 5.56 Å². The van der Waals surface area contributed by atoms with E-state index in [4.69, 9.17) is 0 Å². The molecule has 0 atom stereocenters. The van der Waals surface area contributed by atoms with Crippen LogP contribution in [-0.4, -0.2) is 5.91 Å². The first kappa shape index (κ1) is 20.6. The summed E-state index contributed by atoms with van der Waals surface area (Å²) >= 11 is 0. The standard InChI is InChI=1S/C27H29NO/c1-20(19-27(2,3)4)21-15-17-24(18-16-21)26(29)28-25(22-11-7-5-8-12-22)23-13-9-6-10-14-23/h5-19,25H,1-4H3,(H,28,29)/b20-19+. The van der Waals surface area contributed by atoms with Crippen molar-refractivity contribution in [3.05, 3.63) is 113 Å². The number of carbonyl (C=O) groups excluding carboxylic acids is 1. The van der Waals surface area contributed by atoms with E-state index < -0.39 is 0 Å². The molecular formula is C27H29NO. The molecule has 0 aliphatic heterocycles. The summed E-state index contributed by atoms with van der Waals surface area (Å²) in [7, 11) is 0. The molecule has 0 heterocycles. The molecule has 0 aromatic heterocycles. The van der Waals surface area contributed by atoms with Crippen molar-refractivity contribution in [2.24, 2.45) is 5.41 Å². The lowest BCUT2D eigenvalue weighted by atomic mass is 9.91. The maximum absolute atomic E-state index is 13.0. The molecule has 0 spiro atoms. The Bertz CT molecular complexity index is 925. The van der Waals surface area contributed by atoms with Gasteiger partial charge in [-0.3, -0.25) is 4.79 Å². The van der Waals surface area contributed by atoms with Crippen molar-refractivity contribution < 1.29 is 4.79 Å². The van der Waals surface area contributed by atoms with E-state index in [9.17, 15) is 4.79 Å². The monoisotopic (exact) mass is 383 g/mol. The third-order valence-corrected chi connectivity index (χ3v) is 4.79. The van der Waals surface area contributed by atoms with E-state index >= 15 is 0 Å². The van der Waals surface area contributed by atoms with Crippen LogP contribution in [0.1, 0.15) is 60.8 Å². The van der Waals surface area contributed by atoms with E-state index in [-0.39, 0.29) is 17.4 Å². The Kier molecular flexibility index (Phi) is 6.33. The Morgan fingerprint density at radius 1 is 0.759 bits per heavy atom. The quantitative estimate of drug-likeness (QED) is 0.525. The highest BCUT2D eigenvalue weighted by atomic mass is 16.1. The fourth-order valence-corrected chi connectivity index (χ4v) is 3.48. The first-order valence-electron chi connectivity index (χ1n) is 10.0. The number of amides is 1. The summed E-state index contributed by atoms with van der Waals surface area (Å²) in [4.78, 5) is 13.0. The van der Waals surface area contributed by atoms with Crippen LogP contribution in [0.3, 0.4) is 0 Å². The summed E-state index contributed by atoms with van der Waals surface area (Å²) in [5.74, 6) is -0.0771. The molecule has 0 fully saturated rings. The predicted octanol–water partition coefficient (Wildman–Crippen LogP) is 6.66. The van der Waals surface area contributed by atoms with Gasteiger partial charge in [0.2, 0.25) is 0 Å². The van der Waals surface area contributed by atoms with Crippen molar-refractivity contribution in [2.45, 2.75) is 33.7 Å². The number of benzene rings is 3. The molecule has 0 aliphatic rings. The fourth-order valence-electron chi connectivity index (χ4n) is 3.48. The van der Waals surface area contributed by atoms with Crippen LogP contribution in [0.5, 0.6) is 0 Å². The van der Waals surface area contributed by atoms with Crippen LogP contribution >= 0.6 is 0 Å². The molecule has 1 amide bonds. The minimum absolute atomic E-state index is 0.0771. The third kappa shape index (κ3) is 5.68. The van der Waals surface area contributed by atoms with Gasteiger partial charge < -0.3 is 5.32 Å². The zero-order valence-electron chi connectivity index (χ0n) is 17.6. The van der Waals surface area contributed by atoms with Crippen molar-refractivity contribution in [3.8, 4) is 0 Å². The summed E-state index contributed by atoms with van der Waals surface area (Å²) in [6, 6.07) is 27.8. The SMILES string of the molecule is C/C(=C\C(C)(C)C)c1ccc(C(=O)NC(c2ccccc2)c2ccccc2)cc1. The van der Waals surface area contributed by atoms with Gasteiger partial charge in [0, 0.05) is 5.56 Å². The van der Waals surface area contributed by atoms with Crippen molar-refractivity contribution in [3.63, 3.8) is 0 Å². The van der Waals surface area contributed by atoms with Crippen LogP contribution in [-0.2, 0) is 0 Å². The minimum Gasteiger partial charge on any atom is -0.341 e. The lowest BCUT2D eigenvalue weighted by Gasteiger charge is -2.20. The molecule has 0 radical (unpaired) electrons. The average Bonchev–Trinajstić information content (AvgIpc) is 2.72. The molecule has 0 bridgehead atoms. The summed E-state index contributed by atoms with van der Waals surface area (Å²) in [5, 5.41) is 3.20. The van der Waals surface area contributed by atoms with E-state index in [0.717, 1.165) is 16.7 Å². The summed E-state index contributed by atoms with van der Waals surface area (Å²) in [5.41, 5.74) is 5.27. The first-order valence-corrected chi connectivity index (χ1v) is 10.0. The number of allylic oxidation sites excluding steroid dienone is 2. The fraction of sp³-hybridized carbons (Fsp3) is 0.222. The average molecular weight is 384 g/mol. The van der Waals surface area contributed by atoms with Crippen LogP contribution in [0.15, 0.2) is 91.0 Å². The van der Waals surface area contributed by atoms with Crippen LogP contribution in [0, 0.1) is 5.41 Å². The molecule has 0 aliphatic carbocycles. The molecule has 0 saturated carbocycles. The molecule has 29 heavy (non-hydrogen) atoms. The van der Waals surface area contributed by atoms with Gasteiger partial charge in [-0.1, -0.05) is 99.6 Å². The van der Waals surface area contributed by atoms with E-state index in [1.807, 2.05) is 84.9 Å². The predicted molar refractivity (Wildman–Crippen MR) is 122 cm³/mol. The molecule has 2 nitrogen and oxygen atoms in total. The van der Waals surface area contributed by atoms with Crippen LogP contribution in [0.2, 0.25) is 0 Å². The molecule has 3 aromatic carbocycles. The second-order valence-corrected chi connectivity index (χ2v) is 8.50. The van der Waals surface area contributed by atoms with Gasteiger partial charge in [0.15, 0.2) is 0 Å². The highest BCUT2D eigenvalue weighted by molar-refractivity contribution is 5.95. The largest absolute Gasteiger partial charge is 0.341 e. The van der Waals surface area contributed by atoms with Crippen molar-refractivity contribution in [2.75, 3.05) is 0 Å². The van der Waals surface area contributed by atoms with Gasteiger partial charge in [0.1, 0.15) is 0 Å². The summed E-state index contributed by atoms with van der Waals surface area (Å²) in [6.45, 7) is 8.67. The topological polar surface area (TPSA) is 29.1 Å². The Hall–Kier alpha value is -3.13. The van der Waals surface area contributed by atoms with Gasteiger partial charge in [-0.05, 0) is 46.7 Å².